The number of halogens is 4. The molecular formula is C17H10F4N2OS. The van der Waals surface area contributed by atoms with Gasteiger partial charge in [-0.25, -0.2) is 4.39 Å². The highest BCUT2D eigenvalue weighted by Crippen LogP contribution is 2.40. The Morgan fingerprint density at radius 2 is 2.00 bits per heavy atom. The van der Waals surface area contributed by atoms with E-state index in [2.05, 4.69) is 4.98 Å². The molecule has 8 heteroatoms. The predicted octanol–water partition coefficient (Wildman–Crippen LogP) is 4.66. The van der Waals surface area contributed by atoms with Gasteiger partial charge >= 0.3 is 6.18 Å². The molecular weight excluding hydrogens is 356 g/mol. The lowest BCUT2D eigenvalue weighted by atomic mass is 10.0. The van der Waals surface area contributed by atoms with Gasteiger partial charge in [-0.3, -0.25) is 9.78 Å². The highest BCUT2D eigenvalue weighted by Gasteiger charge is 2.38. The van der Waals surface area contributed by atoms with E-state index in [0.29, 0.717) is 11.8 Å². The molecule has 0 unspecified atom stereocenters. The van der Waals surface area contributed by atoms with Gasteiger partial charge in [0, 0.05) is 34.1 Å². The summed E-state index contributed by atoms with van der Waals surface area (Å²) >= 11 is 1.37. The lowest BCUT2D eigenvalue weighted by Crippen LogP contribution is -2.38. The Morgan fingerprint density at radius 3 is 2.76 bits per heavy atom. The van der Waals surface area contributed by atoms with Crippen LogP contribution in [-0.2, 0) is 12.6 Å². The Kier molecular flexibility index (Phi) is 3.54. The van der Waals surface area contributed by atoms with Gasteiger partial charge in [0.25, 0.3) is 5.91 Å². The molecule has 128 valence electrons. The van der Waals surface area contributed by atoms with Crippen LogP contribution < -0.4 is 4.90 Å². The second-order valence-electron chi connectivity index (χ2n) is 5.64. The van der Waals surface area contributed by atoms with Crippen LogP contribution in [0.2, 0.25) is 0 Å². The number of pyridine rings is 1. The van der Waals surface area contributed by atoms with Crippen molar-refractivity contribution in [2.45, 2.75) is 12.6 Å². The number of rotatable bonds is 1. The number of hydrogen-bond donors (Lipinski definition) is 0. The van der Waals surface area contributed by atoms with Crippen molar-refractivity contribution >= 4 is 33.0 Å². The molecule has 1 amide bonds. The van der Waals surface area contributed by atoms with Crippen molar-refractivity contribution < 1.29 is 22.4 Å². The summed E-state index contributed by atoms with van der Waals surface area (Å²) in [4.78, 5) is 18.5. The molecule has 1 aromatic carbocycles. The van der Waals surface area contributed by atoms with Gasteiger partial charge < -0.3 is 4.90 Å². The number of fused-ring (bicyclic) bond motifs is 3. The minimum Gasteiger partial charge on any atom is -0.306 e. The van der Waals surface area contributed by atoms with Crippen LogP contribution in [0.25, 0.3) is 10.1 Å². The largest absolute Gasteiger partial charge is 0.418 e. The van der Waals surface area contributed by atoms with Gasteiger partial charge in [0.1, 0.15) is 5.82 Å². The summed E-state index contributed by atoms with van der Waals surface area (Å²) in [5, 5.41) is 0.437. The van der Waals surface area contributed by atoms with Gasteiger partial charge in [-0.1, -0.05) is 0 Å². The van der Waals surface area contributed by atoms with Crippen LogP contribution in [0.1, 0.15) is 20.8 Å². The van der Waals surface area contributed by atoms with E-state index in [1.807, 2.05) is 0 Å². The maximum Gasteiger partial charge on any atom is 0.418 e. The first-order valence-corrected chi connectivity index (χ1v) is 8.22. The Morgan fingerprint density at radius 1 is 1.20 bits per heavy atom. The average molecular weight is 366 g/mol. The van der Waals surface area contributed by atoms with Gasteiger partial charge in [0.05, 0.1) is 23.0 Å². The molecule has 4 rings (SSSR count). The summed E-state index contributed by atoms with van der Waals surface area (Å²) in [5.74, 6) is -1.05. The van der Waals surface area contributed by atoms with Gasteiger partial charge in [-0.05, 0) is 24.3 Å². The molecule has 2 aromatic heterocycles. The summed E-state index contributed by atoms with van der Waals surface area (Å²) in [6.07, 6.45) is -2.10. The third kappa shape index (κ3) is 2.57. The first-order valence-electron chi connectivity index (χ1n) is 7.40. The van der Waals surface area contributed by atoms with Crippen molar-refractivity contribution in [1.82, 2.24) is 4.98 Å². The summed E-state index contributed by atoms with van der Waals surface area (Å²) < 4.78 is 54.1. The van der Waals surface area contributed by atoms with Crippen LogP contribution in [-0.4, -0.2) is 17.4 Å². The van der Waals surface area contributed by atoms with Crippen LogP contribution in [0, 0.1) is 5.82 Å². The van der Waals surface area contributed by atoms with Gasteiger partial charge in [-0.2, -0.15) is 13.2 Å². The Labute approximate surface area is 143 Å². The molecule has 0 atom stereocenters. The van der Waals surface area contributed by atoms with E-state index >= 15 is 0 Å². The van der Waals surface area contributed by atoms with E-state index in [4.69, 9.17) is 0 Å². The van der Waals surface area contributed by atoms with Crippen LogP contribution >= 0.6 is 11.3 Å². The smallest absolute Gasteiger partial charge is 0.306 e. The van der Waals surface area contributed by atoms with Crippen LogP contribution in [0.4, 0.5) is 23.2 Å². The highest BCUT2D eigenvalue weighted by molar-refractivity contribution is 7.19. The van der Waals surface area contributed by atoms with Crippen LogP contribution in [0.3, 0.4) is 0 Å². The fraction of sp³-hybridized carbons (Fsp3) is 0.176. The van der Waals surface area contributed by atoms with E-state index in [0.717, 1.165) is 32.9 Å². The first kappa shape index (κ1) is 16.0. The summed E-state index contributed by atoms with van der Waals surface area (Å²) in [6, 6.07) is 4.98. The minimum atomic E-state index is -4.60. The summed E-state index contributed by atoms with van der Waals surface area (Å²) in [6.45, 7) is 0.121. The zero-order chi connectivity index (χ0) is 17.8. The van der Waals surface area contributed by atoms with E-state index in [9.17, 15) is 22.4 Å². The molecule has 0 spiro atoms. The molecule has 0 radical (unpaired) electrons. The number of aromatic nitrogens is 1. The van der Waals surface area contributed by atoms with Crippen molar-refractivity contribution in [3.8, 4) is 0 Å². The molecule has 0 aliphatic carbocycles. The van der Waals surface area contributed by atoms with Crippen LogP contribution in [0.15, 0.2) is 36.7 Å². The SMILES string of the molecule is O=C1c2c(sc3ccc(F)cc23)CCN1c1cnccc1C(F)(F)F. The average Bonchev–Trinajstić information content (AvgIpc) is 2.93. The molecule has 3 heterocycles. The van der Waals surface area contributed by atoms with E-state index in [-0.39, 0.29) is 17.8 Å². The number of benzene rings is 1. The number of anilines is 1. The highest BCUT2D eigenvalue weighted by atomic mass is 32.1. The number of hydrogen-bond acceptors (Lipinski definition) is 3. The van der Waals surface area contributed by atoms with E-state index in [1.165, 1.54) is 23.5 Å². The molecule has 0 saturated heterocycles. The van der Waals surface area contributed by atoms with Gasteiger partial charge in [0.2, 0.25) is 0 Å². The summed E-state index contributed by atoms with van der Waals surface area (Å²) in [5.41, 5.74) is -0.908. The lowest BCUT2D eigenvalue weighted by molar-refractivity contribution is -0.137. The second kappa shape index (κ2) is 5.52. The fourth-order valence-electron chi connectivity index (χ4n) is 3.05. The number of amides is 1. The minimum absolute atomic E-state index is 0.121. The third-order valence-corrected chi connectivity index (χ3v) is 5.37. The van der Waals surface area contributed by atoms with Crippen molar-refractivity contribution in [3.63, 3.8) is 0 Å². The molecule has 25 heavy (non-hydrogen) atoms. The standard InChI is InChI=1S/C17H10F4N2OS/c18-9-1-2-13-10(7-9)15-14(25-13)4-6-23(16(15)24)12-8-22-5-3-11(12)17(19,20)21/h1-3,5,7-8H,4,6H2. The van der Waals surface area contributed by atoms with Crippen molar-refractivity contribution in [2.24, 2.45) is 0 Å². The fourth-order valence-corrected chi connectivity index (χ4v) is 4.22. The zero-order valence-electron chi connectivity index (χ0n) is 12.6. The van der Waals surface area contributed by atoms with Crippen molar-refractivity contribution in [3.05, 3.63) is 58.5 Å². The Bertz CT molecular complexity index is 996. The Balaban J connectivity index is 1.86. The molecule has 1 aliphatic rings. The van der Waals surface area contributed by atoms with Gasteiger partial charge in [0.15, 0.2) is 0 Å². The number of nitrogens with zero attached hydrogens (tertiary/aromatic N) is 2. The number of carbonyl (C=O) groups is 1. The molecule has 0 fully saturated rings. The first-order chi connectivity index (χ1) is 11.9. The second-order valence-corrected chi connectivity index (χ2v) is 6.77. The third-order valence-electron chi connectivity index (χ3n) is 4.14. The monoisotopic (exact) mass is 366 g/mol. The quantitative estimate of drug-likeness (QED) is 0.587. The molecule has 1 aliphatic heterocycles. The maximum absolute atomic E-state index is 13.6. The molecule has 3 aromatic rings. The predicted molar refractivity (Wildman–Crippen MR) is 86.4 cm³/mol. The Hall–Kier alpha value is -2.48. The van der Waals surface area contributed by atoms with E-state index in [1.54, 1.807) is 6.07 Å². The van der Waals surface area contributed by atoms with E-state index < -0.39 is 23.5 Å². The van der Waals surface area contributed by atoms with Crippen molar-refractivity contribution in [2.75, 3.05) is 11.4 Å². The number of thiophene rings is 1. The normalized spacial score (nSPS) is 14.9. The molecule has 3 nitrogen and oxygen atoms in total. The van der Waals surface area contributed by atoms with Crippen molar-refractivity contribution in [1.29, 1.82) is 0 Å². The maximum atomic E-state index is 13.6. The molecule has 0 N–H and O–H groups in total. The number of alkyl halides is 3. The van der Waals surface area contributed by atoms with Crippen LogP contribution in [0.5, 0.6) is 0 Å². The topological polar surface area (TPSA) is 33.2 Å². The zero-order valence-corrected chi connectivity index (χ0v) is 13.4. The number of carbonyl (C=O) groups excluding carboxylic acids is 1. The molecule has 0 saturated carbocycles. The summed E-state index contributed by atoms with van der Waals surface area (Å²) in [7, 11) is 0. The lowest BCUT2D eigenvalue weighted by Gasteiger charge is -2.29. The van der Waals surface area contributed by atoms with Gasteiger partial charge in [-0.15, -0.1) is 11.3 Å². The molecule has 0 bridgehead atoms.